The van der Waals surface area contributed by atoms with Crippen LogP contribution >= 0.6 is 0 Å². The summed E-state index contributed by atoms with van der Waals surface area (Å²) in [5, 5.41) is 3.45. The molecule has 0 saturated carbocycles. The average Bonchev–Trinajstić information content (AvgIpc) is 2.47. The number of methoxy groups -OCH3 is 1. The van der Waals surface area contributed by atoms with Crippen LogP contribution in [-0.2, 0) is 4.79 Å². The van der Waals surface area contributed by atoms with Gasteiger partial charge in [-0.1, -0.05) is 6.07 Å². The first-order chi connectivity index (χ1) is 10.0. The van der Waals surface area contributed by atoms with Crippen LogP contribution in [0.1, 0.15) is 38.3 Å². The predicted molar refractivity (Wildman–Crippen MR) is 79.8 cm³/mol. The average molecular weight is 294 g/mol. The third-order valence-corrected chi connectivity index (χ3v) is 4.10. The van der Waals surface area contributed by atoms with Gasteiger partial charge in [-0.15, -0.1) is 0 Å². The molecular weight excluding hydrogens is 271 g/mol. The van der Waals surface area contributed by atoms with Crippen molar-refractivity contribution in [1.29, 1.82) is 0 Å². The van der Waals surface area contributed by atoms with Gasteiger partial charge in [-0.05, 0) is 25.8 Å². The molecule has 1 unspecified atom stereocenters. The molecule has 1 aromatic carbocycles. The van der Waals surface area contributed by atoms with E-state index in [-0.39, 0.29) is 17.8 Å². The first kappa shape index (κ1) is 15.8. The fourth-order valence-electron chi connectivity index (χ4n) is 2.79. The maximum Gasteiger partial charge on any atom is 0.219 e. The van der Waals surface area contributed by atoms with E-state index < -0.39 is 0 Å². The fourth-order valence-corrected chi connectivity index (χ4v) is 2.79. The van der Waals surface area contributed by atoms with Gasteiger partial charge >= 0.3 is 0 Å². The lowest BCUT2D eigenvalue weighted by molar-refractivity contribution is -0.129. The zero-order chi connectivity index (χ0) is 15.4. The summed E-state index contributed by atoms with van der Waals surface area (Å²) in [5.74, 6) is 0.399. The molecule has 1 aliphatic heterocycles. The monoisotopic (exact) mass is 294 g/mol. The number of hydrogen-bond donors (Lipinski definition) is 1. The highest BCUT2D eigenvalue weighted by Gasteiger charge is 2.23. The SMILES string of the molecule is COc1ccc(C(C)NC2CCN(C(C)=O)CC2)c(F)c1. The normalized spacial score (nSPS) is 17.6. The molecule has 0 radical (unpaired) electrons. The lowest BCUT2D eigenvalue weighted by Gasteiger charge is -2.33. The Morgan fingerprint density at radius 3 is 2.62 bits per heavy atom. The quantitative estimate of drug-likeness (QED) is 0.927. The summed E-state index contributed by atoms with van der Waals surface area (Å²) in [7, 11) is 1.53. The Morgan fingerprint density at radius 1 is 1.43 bits per heavy atom. The number of nitrogens with zero attached hydrogens (tertiary/aromatic N) is 1. The summed E-state index contributed by atoms with van der Waals surface area (Å²) < 4.78 is 19.1. The van der Waals surface area contributed by atoms with Gasteiger partial charge in [-0.25, -0.2) is 4.39 Å². The van der Waals surface area contributed by atoms with Crippen LogP contribution in [0.3, 0.4) is 0 Å². The van der Waals surface area contributed by atoms with Crippen molar-refractivity contribution in [2.24, 2.45) is 0 Å². The Hall–Kier alpha value is -1.62. The third kappa shape index (κ3) is 3.94. The Kier molecular flexibility index (Phi) is 5.17. The smallest absolute Gasteiger partial charge is 0.219 e. The summed E-state index contributed by atoms with van der Waals surface area (Å²) in [5.41, 5.74) is 0.643. The molecule has 1 atom stereocenters. The van der Waals surface area contributed by atoms with Gasteiger partial charge in [0.15, 0.2) is 0 Å². The van der Waals surface area contributed by atoms with Crippen LogP contribution in [0.5, 0.6) is 5.75 Å². The molecular formula is C16H23FN2O2. The van der Waals surface area contributed by atoms with E-state index in [1.807, 2.05) is 11.8 Å². The molecule has 0 aliphatic carbocycles. The van der Waals surface area contributed by atoms with E-state index in [9.17, 15) is 9.18 Å². The number of carbonyl (C=O) groups is 1. The van der Waals surface area contributed by atoms with E-state index >= 15 is 0 Å². The number of hydrogen-bond acceptors (Lipinski definition) is 3. The standard InChI is InChI=1S/C16H23FN2O2/c1-11(15-5-4-14(21-3)10-16(15)17)18-13-6-8-19(9-7-13)12(2)20/h4-5,10-11,13,18H,6-9H2,1-3H3. The first-order valence-electron chi connectivity index (χ1n) is 7.36. The maximum absolute atomic E-state index is 14.0. The van der Waals surface area contributed by atoms with Crippen LogP contribution in [0.25, 0.3) is 0 Å². The van der Waals surface area contributed by atoms with Crippen LogP contribution in [-0.4, -0.2) is 37.0 Å². The Labute approximate surface area is 125 Å². The van der Waals surface area contributed by atoms with Gasteiger partial charge in [0.05, 0.1) is 7.11 Å². The molecule has 4 nitrogen and oxygen atoms in total. The Bertz CT molecular complexity index is 499. The lowest BCUT2D eigenvalue weighted by Crippen LogP contribution is -2.44. The largest absolute Gasteiger partial charge is 0.497 e. The zero-order valence-corrected chi connectivity index (χ0v) is 12.9. The minimum atomic E-state index is -0.254. The number of piperidine rings is 1. The molecule has 1 heterocycles. The number of halogens is 1. The van der Waals surface area contributed by atoms with Gasteiger partial charge in [0.1, 0.15) is 11.6 Å². The van der Waals surface area contributed by atoms with Gasteiger partial charge < -0.3 is 15.0 Å². The van der Waals surface area contributed by atoms with E-state index in [4.69, 9.17) is 4.74 Å². The molecule has 0 bridgehead atoms. The van der Waals surface area contributed by atoms with Crippen molar-refractivity contribution < 1.29 is 13.9 Å². The van der Waals surface area contributed by atoms with Crippen molar-refractivity contribution in [3.05, 3.63) is 29.6 Å². The van der Waals surface area contributed by atoms with Gasteiger partial charge in [-0.3, -0.25) is 4.79 Å². The zero-order valence-electron chi connectivity index (χ0n) is 12.9. The van der Waals surface area contributed by atoms with Crippen molar-refractivity contribution in [2.45, 2.75) is 38.8 Å². The first-order valence-corrected chi connectivity index (χ1v) is 7.36. The van der Waals surface area contributed by atoms with Gasteiger partial charge in [0.25, 0.3) is 0 Å². The summed E-state index contributed by atoms with van der Waals surface area (Å²) >= 11 is 0. The fraction of sp³-hybridized carbons (Fsp3) is 0.562. The summed E-state index contributed by atoms with van der Waals surface area (Å²) in [6.45, 7) is 5.10. The number of rotatable bonds is 4. The molecule has 0 spiro atoms. The van der Waals surface area contributed by atoms with E-state index in [2.05, 4.69) is 5.32 Å². The minimum Gasteiger partial charge on any atom is -0.497 e. The van der Waals surface area contributed by atoms with Crippen molar-refractivity contribution >= 4 is 5.91 Å². The van der Waals surface area contributed by atoms with E-state index in [1.165, 1.54) is 13.2 Å². The second-order valence-corrected chi connectivity index (χ2v) is 5.56. The van der Waals surface area contributed by atoms with Gasteiger partial charge in [-0.2, -0.15) is 0 Å². The molecule has 2 rings (SSSR count). The number of benzene rings is 1. The molecule has 1 fully saturated rings. The number of amides is 1. The predicted octanol–water partition coefficient (Wildman–Crippen LogP) is 2.50. The molecule has 1 N–H and O–H groups in total. The molecule has 116 valence electrons. The second-order valence-electron chi connectivity index (χ2n) is 5.56. The summed E-state index contributed by atoms with van der Waals surface area (Å²) in [4.78, 5) is 13.2. The number of ether oxygens (including phenoxy) is 1. The molecule has 1 aliphatic rings. The Morgan fingerprint density at radius 2 is 2.10 bits per heavy atom. The van der Waals surface area contributed by atoms with Crippen molar-refractivity contribution in [1.82, 2.24) is 10.2 Å². The summed E-state index contributed by atoms with van der Waals surface area (Å²) in [6, 6.07) is 5.19. The molecule has 1 aromatic rings. The van der Waals surface area contributed by atoms with E-state index in [0.29, 0.717) is 17.4 Å². The molecule has 1 amide bonds. The van der Waals surface area contributed by atoms with Crippen LogP contribution < -0.4 is 10.1 Å². The lowest BCUT2D eigenvalue weighted by atomic mass is 10.0. The highest BCUT2D eigenvalue weighted by atomic mass is 19.1. The van der Waals surface area contributed by atoms with E-state index in [0.717, 1.165) is 25.9 Å². The molecule has 0 aromatic heterocycles. The summed E-state index contributed by atoms with van der Waals surface area (Å²) in [6.07, 6.45) is 1.81. The minimum absolute atomic E-state index is 0.0650. The highest BCUT2D eigenvalue weighted by Crippen LogP contribution is 2.23. The number of likely N-dealkylation sites (tertiary alicyclic amines) is 1. The topological polar surface area (TPSA) is 41.6 Å². The van der Waals surface area contributed by atoms with Crippen LogP contribution in [0.15, 0.2) is 18.2 Å². The van der Waals surface area contributed by atoms with Crippen LogP contribution in [0.2, 0.25) is 0 Å². The second kappa shape index (κ2) is 6.89. The Balaban J connectivity index is 1.93. The molecule has 5 heteroatoms. The van der Waals surface area contributed by atoms with Crippen molar-refractivity contribution in [3.63, 3.8) is 0 Å². The van der Waals surface area contributed by atoms with Crippen molar-refractivity contribution in [3.8, 4) is 5.75 Å². The van der Waals surface area contributed by atoms with Crippen LogP contribution in [0.4, 0.5) is 4.39 Å². The highest BCUT2D eigenvalue weighted by molar-refractivity contribution is 5.73. The maximum atomic E-state index is 14.0. The number of nitrogens with one attached hydrogen (secondary N) is 1. The van der Waals surface area contributed by atoms with Gasteiger partial charge in [0.2, 0.25) is 5.91 Å². The molecule has 21 heavy (non-hydrogen) atoms. The van der Waals surface area contributed by atoms with E-state index in [1.54, 1.807) is 19.1 Å². The van der Waals surface area contributed by atoms with Crippen LogP contribution in [0, 0.1) is 5.82 Å². The third-order valence-electron chi connectivity index (χ3n) is 4.10. The van der Waals surface area contributed by atoms with Gasteiger partial charge in [0, 0.05) is 43.7 Å². The van der Waals surface area contributed by atoms with Crippen molar-refractivity contribution in [2.75, 3.05) is 20.2 Å². The molecule has 1 saturated heterocycles. The number of carbonyl (C=O) groups excluding carboxylic acids is 1.